The molecule has 0 aromatic heterocycles. The fraction of sp³-hybridized carbons (Fsp3) is 0.500. The smallest absolute Gasteiger partial charge is 0.115 e. The summed E-state index contributed by atoms with van der Waals surface area (Å²) in [6.07, 6.45) is 1.21. The molecule has 1 atom stereocenters. The molecule has 1 heterocycles. The lowest BCUT2D eigenvalue weighted by atomic mass is 10.2. The highest BCUT2D eigenvalue weighted by Crippen LogP contribution is 2.20. The molecule has 0 aliphatic carbocycles. The minimum absolute atomic E-state index is 0.332. The molecule has 0 bridgehead atoms. The molecule has 15 heavy (non-hydrogen) atoms. The van der Waals surface area contributed by atoms with Gasteiger partial charge in [-0.05, 0) is 36.6 Å². The molecule has 1 aliphatic rings. The standard InChI is InChI=1S/C12H16ClNO/c13-7-11-5-6-14(9-11)8-10-1-3-12(15)4-2-10/h1-4,11,15H,5-9H2. The van der Waals surface area contributed by atoms with Crippen LogP contribution < -0.4 is 0 Å². The van der Waals surface area contributed by atoms with E-state index in [0.717, 1.165) is 25.5 Å². The van der Waals surface area contributed by atoms with E-state index < -0.39 is 0 Å². The van der Waals surface area contributed by atoms with Crippen LogP contribution in [0.2, 0.25) is 0 Å². The highest BCUT2D eigenvalue weighted by atomic mass is 35.5. The molecule has 1 saturated heterocycles. The van der Waals surface area contributed by atoms with Crippen LogP contribution in [0.4, 0.5) is 0 Å². The first-order valence-electron chi connectivity index (χ1n) is 5.34. The van der Waals surface area contributed by atoms with Crippen LogP contribution in [-0.4, -0.2) is 29.0 Å². The Balaban J connectivity index is 1.90. The average molecular weight is 226 g/mol. The van der Waals surface area contributed by atoms with Gasteiger partial charge in [0.05, 0.1) is 0 Å². The molecule has 1 fully saturated rings. The van der Waals surface area contributed by atoms with Crippen LogP contribution >= 0.6 is 11.6 Å². The van der Waals surface area contributed by atoms with Gasteiger partial charge in [0, 0.05) is 19.0 Å². The number of alkyl halides is 1. The fourth-order valence-corrected chi connectivity index (χ4v) is 2.29. The number of rotatable bonds is 3. The topological polar surface area (TPSA) is 23.5 Å². The van der Waals surface area contributed by atoms with Gasteiger partial charge in [0.15, 0.2) is 0 Å². The monoisotopic (exact) mass is 225 g/mol. The second kappa shape index (κ2) is 4.86. The molecule has 1 aromatic rings. The van der Waals surface area contributed by atoms with E-state index in [4.69, 9.17) is 16.7 Å². The van der Waals surface area contributed by atoms with E-state index in [2.05, 4.69) is 4.90 Å². The zero-order valence-electron chi connectivity index (χ0n) is 8.69. The Hall–Kier alpha value is -0.730. The molecule has 1 aromatic carbocycles. The molecule has 1 unspecified atom stereocenters. The third-order valence-electron chi connectivity index (χ3n) is 2.93. The first kappa shape index (κ1) is 10.8. The normalized spacial score (nSPS) is 22.1. The lowest BCUT2D eigenvalue weighted by molar-refractivity contribution is 0.320. The number of benzene rings is 1. The van der Waals surface area contributed by atoms with Crippen LogP contribution in [0.25, 0.3) is 0 Å². The summed E-state index contributed by atoms with van der Waals surface area (Å²) in [6, 6.07) is 7.43. The Labute approximate surface area is 95.5 Å². The minimum Gasteiger partial charge on any atom is -0.508 e. The maximum Gasteiger partial charge on any atom is 0.115 e. The third-order valence-corrected chi connectivity index (χ3v) is 3.37. The molecule has 2 nitrogen and oxygen atoms in total. The van der Waals surface area contributed by atoms with Crippen molar-refractivity contribution in [3.8, 4) is 5.75 Å². The van der Waals surface area contributed by atoms with Crippen LogP contribution in [0, 0.1) is 5.92 Å². The van der Waals surface area contributed by atoms with E-state index in [9.17, 15) is 0 Å². The fourth-order valence-electron chi connectivity index (χ4n) is 2.04. The van der Waals surface area contributed by atoms with Gasteiger partial charge in [0.2, 0.25) is 0 Å². The summed E-state index contributed by atoms with van der Waals surface area (Å²) in [5, 5.41) is 9.17. The van der Waals surface area contributed by atoms with Gasteiger partial charge in [-0.1, -0.05) is 12.1 Å². The van der Waals surface area contributed by atoms with Gasteiger partial charge >= 0.3 is 0 Å². The molecule has 0 saturated carbocycles. The van der Waals surface area contributed by atoms with Crippen molar-refractivity contribution in [3.63, 3.8) is 0 Å². The Kier molecular flexibility index (Phi) is 3.49. The van der Waals surface area contributed by atoms with Crippen LogP contribution in [0.15, 0.2) is 24.3 Å². The summed E-state index contributed by atoms with van der Waals surface area (Å²) in [5.74, 6) is 1.76. The molecule has 1 aliphatic heterocycles. The van der Waals surface area contributed by atoms with E-state index >= 15 is 0 Å². The number of nitrogens with zero attached hydrogens (tertiary/aromatic N) is 1. The predicted octanol–water partition coefficient (Wildman–Crippen LogP) is 2.45. The van der Waals surface area contributed by atoms with Crippen molar-refractivity contribution in [1.29, 1.82) is 0 Å². The average Bonchev–Trinajstić information content (AvgIpc) is 2.69. The second-order valence-electron chi connectivity index (χ2n) is 4.21. The van der Waals surface area contributed by atoms with Crippen molar-refractivity contribution in [1.82, 2.24) is 4.90 Å². The Morgan fingerprint density at radius 3 is 2.67 bits per heavy atom. The van der Waals surface area contributed by atoms with E-state index in [1.807, 2.05) is 12.1 Å². The molecular weight excluding hydrogens is 210 g/mol. The summed E-state index contributed by atoms with van der Waals surface area (Å²) >= 11 is 5.84. The van der Waals surface area contributed by atoms with Gasteiger partial charge in [0.1, 0.15) is 5.75 Å². The second-order valence-corrected chi connectivity index (χ2v) is 4.52. The largest absolute Gasteiger partial charge is 0.508 e. The lowest BCUT2D eigenvalue weighted by Gasteiger charge is -2.15. The van der Waals surface area contributed by atoms with E-state index in [1.54, 1.807) is 12.1 Å². The number of hydrogen-bond donors (Lipinski definition) is 1. The summed E-state index contributed by atoms with van der Waals surface area (Å²) in [7, 11) is 0. The van der Waals surface area contributed by atoms with Crippen LogP contribution in [-0.2, 0) is 6.54 Å². The van der Waals surface area contributed by atoms with Gasteiger partial charge in [0.25, 0.3) is 0 Å². The van der Waals surface area contributed by atoms with Crippen LogP contribution in [0.1, 0.15) is 12.0 Å². The Morgan fingerprint density at radius 2 is 2.07 bits per heavy atom. The number of halogens is 1. The van der Waals surface area contributed by atoms with Crippen molar-refractivity contribution in [2.75, 3.05) is 19.0 Å². The number of likely N-dealkylation sites (tertiary alicyclic amines) is 1. The molecule has 0 amide bonds. The van der Waals surface area contributed by atoms with Gasteiger partial charge in [-0.2, -0.15) is 0 Å². The molecule has 1 N–H and O–H groups in total. The molecule has 2 rings (SSSR count). The van der Waals surface area contributed by atoms with E-state index in [-0.39, 0.29) is 0 Å². The van der Waals surface area contributed by atoms with Crippen molar-refractivity contribution >= 4 is 11.6 Å². The van der Waals surface area contributed by atoms with Gasteiger partial charge in [-0.25, -0.2) is 0 Å². The Morgan fingerprint density at radius 1 is 1.33 bits per heavy atom. The summed E-state index contributed by atoms with van der Waals surface area (Å²) in [4.78, 5) is 2.42. The maximum atomic E-state index is 9.17. The minimum atomic E-state index is 0.332. The number of phenols is 1. The Bertz CT molecular complexity index is 312. The van der Waals surface area contributed by atoms with E-state index in [0.29, 0.717) is 11.7 Å². The molecular formula is C12H16ClNO. The summed E-state index contributed by atoms with van der Waals surface area (Å²) in [6.45, 7) is 3.20. The summed E-state index contributed by atoms with van der Waals surface area (Å²) < 4.78 is 0. The number of hydrogen-bond acceptors (Lipinski definition) is 2. The molecule has 0 spiro atoms. The van der Waals surface area contributed by atoms with Gasteiger partial charge in [-0.3, -0.25) is 4.90 Å². The highest BCUT2D eigenvalue weighted by molar-refractivity contribution is 6.18. The molecule has 82 valence electrons. The number of phenolic OH excluding ortho intramolecular Hbond substituents is 1. The van der Waals surface area contributed by atoms with Crippen molar-refractivity contribution in [2.24, 2.45) is 5.92 Å². The van der Waals surface area contributed by atoms with Gasteiger partial charge in [-0.15, -0.1) is 11.6 Å². The third kappa shape index (κ3) is 2.86. The van der Waals surface area contributed by atoms with Crippen LogP contribution in [0.5, 0.6) is 5.75 Å². The van der Waals surface area contributed by atoms with Gasteiger partial charge < -0.3 is 5.11 Å². The highest BCUT2D eigenvalue weighted by Gasteiger charge is 2.21. The maximum absolute atomic E-state index is 9.17. The molecule has 3 heteroatoms. The SMILES string of the molecule is Oc1ccc(CN2CCC(CCl)C2)cc1. The first-order valence-corrected chi connectivity index (χ1v) is 5.87. The van der Waals surface area contributed by atoms with Crippen LogP contribution in [0.3, 0.4) is 0 Å². The zero-order chi connectivity index (χ0) is 10.7. The first-order chi connectivity index (χ1) is 7.28. The summed E-state index contributed by atoms with van der Waals surface area (Å²) in [5.41, 5.74) is 1.25. The lowest BCUT2D eigenvalue weighted by Crippen LogP contribution is -2.20. The van der Waals surface area contributed by atoms with Crippen molar-refractivity contribution < 1.29 is 5.11 Å². The van der Waals surface area contributed by atoms with Crippen molar-refractivity contribution in [2.45, 2.75) is 13.0 Å². The zero-order valence-corrected chi connectivity index (χ0v) is 9.45. The van der Waals surface area contributed by atoms with E-state index in [1.165, 1.54) is 12.0 Å². The quantitative estimate of drug-likeness (QED) is 0.799. The van der Waals surface area contributed by atoms with Crippen molar-refractivity contribution in [3.05, 3.63) is 29.8 Å². The number of aromatic hydroxyl groups is 1. The molecule has 0 radical (unpaired) electrons. The predicted molar refractivity (Wildman–Crippen MR) is 62.2 cm³/mol.